The first kappa shape index (κ1) is 21.2. The Labute approximate surface area is 182 Å². The summed E-state index contributed by atoms with van der Waals surface area (Å²) in [6.07, 6.45) is 5.46. The van der Waals surface area contributed by atoms with Gasteiger partial charge in [0.1, 0.15) is 11.3 Å². The van der Waals surface area contributed by atoms with Crippen molar-refractivity contribution < 1.29 is 9.53 Å². The molecule has 1 aliphatic rings. The second kappa shape index (κ2) is 8.22. The number of ether oxygens (including phenoxy) is 1. The minimum atomic E-state index is -0.625. The zero-order valence-electron chi connectivity index (χ0n) is 18.8. The van der Waals surface area contributed by atoms with E-state index >= 15 is 0 Å². The van der Waals surface area contributed by atoms with Crippen LogP contribution in [0.4, 0.5) is 10.7 Å². The Morgan fingerprint density at radius 3 is 2.35 bits per heavy atom. The van der Waals surface area contributed by atoms with Gasteiger partial charge in [-0.1, -0.05) is 6.92 Å². The summed E-state index contributed by atoms with van der Waals surface area (Å²) in [6, 6.07) is 1.97. The van der Waals surface area contributed by atoms with Gasteiger partial charge in [-0.2, -0.15) is 9.78 Å². The SMILES string of the molecule is CCc1cc2c(-c3cnc(N4CCN(C)CC4)nc3)nn(C(=O)OC(C)(C)C)c2cn1. The normalized spacial score (nSPS) is 15.5. The number of anilines is 1. The third-order valence-electron chi connectivity index (χ3n) is 5.25. The van der Waals surface area contributed by atoms with Crippen molar-refractivity contribution in [2.75, 3.05) is 38.1 Å². The maximum atomic E-state index is 12.8. The van der Waals surface area contributed by atoms with E-state index in [1.54, 1.807) is 18.6 Å². The van der Waals surface area contributed by atoms with E-state index in [1.807, 2.05) is 33.8 Å². The van der Waals surface area contributed by atoms with Crippen LogP contribution in [0.3, 0.4) is 0 Å². The fourth-order valence-corrected chi connectivity index (χ4v) is 3.52. The van der Waals surface area contributed by atoms with Gasteiger partial charge < -0.3 is 14.5 Å². The van der Waals surface area contributed by atoms with Crippen molar-refractivity contribution >= 4 is 22.9 Å². The Morgan fingerprint density at radius 2 is 1.74 bits per heavy atom. The minimum Gasteiger partial charge on any atom is -0.442 e. The molecule has 0 radical (unpaired) electrons. The summed E-state index contributed by atoms with van der Waals surface area (Å²) in [6.45, 7) is 11.3. The van der Waals surface area contributed by atoms with Gasteiger partial charge in [-0.3, -0.25) is 4.98 Å². The van der Waals surface area contributed by atoms with Gasteiger partial charge in [-0.25, -0.2) is 14.8 Å². The average Bonchev–Trinajstić information content (AvgIpc) is 3.12. The highest BCUT2D eigenvalue weighted by Gasteiger charge is 2.24. The molecule has 0 aliphatic carbocycles. The zero-order valence-corrected chi connectivity index (χ0v) is 18.8. The Hall–Kier alpha value is -3.07. The summed E-state index contributed by atoms with van der Waals surface area (Å²) in [4.78, 5) is 30.8. The lowest BCUT2D eigenvalue weighted by Crippen LogP contribution is -2.45. The summed E-state index contributed by atoms with van der Waals surface area (Å²) >= 11 is 0. The number of hydrogen-bond acceptors (Lipinski definition) is 8. The van der Waals surface area contributed by atoms with Crippen LogP contribution in [0.15, 0.2) is 24.7 Å². The van der Waals surface area contributed by atoms with Gasteiger partial charge in [0.25, 0.3) is 0 Å². The number of carbonyl (C=O) groups excluding carboxylic acids is 1. The molecule has 3 aromatic rings. The Balaban J connectivity index is 1.71. The molecule has 4 rings (SSSR count). The van der Waals surface area contributed by atoms with Gasteiger partial charge in [-0.15, -0.1) is 0 Å². The lowest BCUT2D eigenvalue weighted by Gasteiger charge is -2.32. The number of fused-ring (bicyclic) bond motifs is 1. The molecule has 0 unspecified atom stereocenters. The molecular weight excluding hydrogens is 394 g/mol. The fourth-order valence-electron chi connectivity index (χ4n) is 3.52. The Kier molecular flexibility index (Phi) is 5.62. The van der Waals surface area contributed by atoms with Crippen LogP contribution >= 0.6 is 0 Å². The number of rotatable bonds is 3. The number of likely N-dealkylation sites (N-methyl/N-ethyl adjacent to an activating group) is 1. The van der Waals surface area contributed by atoms with Crippen molar-refractivity contribution in [1.29, 1.82) is 0 Å². The molecule has 0 spiro atoms. The second-order valence-corrected chi connectivity index (χ2v) is 8.85. The molecule has 3 aromatic heterocycles. The van der Waals surface area contributed by atoms with E-state index in [9.17, 15) is 4.79 Å². The highest BCUT2D eigenvalue weighted by molar-refractivity contribution is 5.97. The summed E-state index contributed by atoms with van der Waals surface area (Å²) < 4.78 is 6.81. The molecule has 31 heavy (non-hydrogen) atoms. The summed E-state index contributed by atoms with van der Waals surface area (Å²) in [5, 5.41) is 5.40. The van der Waals surface area contributed by atoms with E-state index in [0.29, 0.717) is 17.2 Å². The van der Waals surface area contributed by atoms with Crippen molar-refractivity contribution in [3.05, 3.63) is 30.4 Å². The largest absolute Gasteiger partial charge is 0.442 e. The summed E-state index contributed by atoms with van der Waals surface area (Å²) in [5.74, 6) is 0.712. The molecular formula is C22H29N7O2. The molecule has 164 valence electrons. The third kappa shape index (κ3) is 4.51. The first-order valence-corrected chi connectivity index (χ1v) is 10.6. The minimum absolute atomic E-state index is 0.537. The molecule has 1 fully saturated rings. The van der Waals surface area contributed by atoms with E-state index in [0.717, 1.165) is 49.2 Å². The molecule has 9 nitrogen and oxygen atoms in total. The van der Waals surface area contributed by atoms with E-state index in [2.05, 4.69) is 36.9 Å². The van der Waals surface area contributed by atoms with Gasteiger partial charge >= 0.3 is 6.09 Å². The molecule has 0 aromatic carbocycles. The van der Waals surface area contributed by atoms with Crippen LogP contribution < -0.4 is 4.90 Å². The molecule has 0 atom stereocenters. The quantitative estimate of drug-likeness (QED) is 0.635. The first-order valence-electron chi connectivity index (χ1n) is 10.6. The van der Waals surface area contributed by atoms with Gasteiger partial charge in [0.2, 0.25) is 5.95 Å². The highest BCUT2D eigenvalue weighted by atomic mass is 16.6. The van der Waals surface area contributed by atoms with Crippen molar-refractivity contribution in [1.82, 2.24) is 29.6 Å². The molecule has 1 aliphatic heterocycles. The number of pyridine rings is 1. The summed E-state index contributed by atoms with van der Waals surface area (Å²) in [7, 11) is 2.12. The number of piperazine rings is 1. The smallest absolute Gasteiger partial charge is 0.435 e. The predicted molar refractivity (Wildman–Crippen MR) is 119 cm³/mol. The molecule has 0 amide bonds. The second-order valence-electron chi connectivity index (χ2n) is 8.85. The van der Waals surface area contributed by atoms with Crippen molar-refractivity contribution in [3.8, 4) is 11.3 Å². The van der Waals surface area contributed by atoms with Crippen LogP contribution in [0.25, 0.3) is 22.2 Å². The molecule has 0 N–H and O–H groups in total. The lowest BCUT2D eigenvalue weighted by molar-refractivity contribution is 0.0523. The summed E-state index contributed by atoms with van der Waals surface area (Å²) in [5.41, 5.74) is 2.29. The van der Waals surface area contributed by atoms with E-state index in [-0.39, 0.29) is 0 Å². The Bertz CT molecular complexity index is 1080. The lowest BCUT2D eigenvalue weighted by atomic mass is 10.1. The number of nitrogens with zero attached hydrogens (tertiary/aromatic N) is 7. The highest BCUT2D eigenvalue weighted by Crippen LogP contribution is 2.29. The van der Waals surface area contributed by atoms with Gasteiger partial charge in [0.05, 0.1) is 11.7 Å². The van der Waals surface area contributed by atoms with E-state index in [1.165, 1.54) is 4.68 Å². The van der Waals surface area contributed by atoms with Crippen LogP contribution in [-0.2, 0) is 11.2 Å². The van der Waals surface area contributed by atoms with Crippen LogP contribution in [0, 0.1) is 0 Å². The third-order valence-corrected chi connectivity index (χ3v) is 5.25. The van der Waals surface area contributed by atoms with E-state index < -0.39 is 11.7 Å². The van der Waals surface area contributed by atoms with Gasteiger partial charge in [0.15, 0.2) is 0 Å². The van der Waals surface area contributed by atoms with Crippen LogP contribution in [0.1, 0.15) is 33.4 Å². The van der Waals surface area contributed by atoms with Crippen LogP contribution in [-0.4, -0.2) is 74.6 Å². The topological polar surface area (TPSA) is 89.3 Å². The fraction of sp³-hybridized carbons (Fsp3) is 0.500. The van der Waals surface area contributed by atoms with Crippen molar-refractivity contribution in [3.63, 3.8) is 0 Å². The van der Waals surface area contributed by atoms with E-state index in [4.69, 9.17) is 4.74 Å². The van der Waals surface area contributed by atoms with Gasteiger partial charge in [-0.05, 0) is 40.3 Å². The standard InChI is InChI=1S/C22H29N7O2/c1-6-16-11-17-18(14-23-16)29(21(30)31-22(2,3)4)26-19(17)15-12-24-20(25-13-15)28-9-7-27(5)8-10-28/h11-14H,6-10H2,1-5H3. The number of aromatic nitrogens is 5. The van der Waals surface area contributed by atoms with Crippen LogP contribution in [0.5, 0.6) is 0 Å². The maximum Gasteiger partial charge on any atom is 0.435 e. The Morgan fingerprint density at radius 1 is 1.06 bits per heavy atom. The zero-order chi connectivity index (χ0) is 22.2. The number of carbonyl (C=O) groups is 1. The molecule has 4 heterocycles. The monoisotopic (exact) mass is 423 g/mol. The number of aryl methyl sites for hydroxylation is 1. The molecule has 0 bridgehead atoms. The predicted octanol–water partition coefficient (Wildman–Crippen LogP) is 2.99. The van der Waals surface area contributed by atoms with Crippen molar-refractivity contribution in [2.45, 2.75) is 39.7 Å². The number of hydrogen-bond donors (Lipinski definition) is 0. The molecule has 0 saturated carbocycles. The van der Waals surface area contributed by atoms with Gasteiger partial charge in [0, 0.05) is 55.2 Å². The van der Waals surface area contributed by atoms with Crippen molar-refractivity contribution in [2.24, 2.45) is 0 Å². The molecule has 9 heteroatoms. The first-order chi connectivity index (χ1) is 14.7. The molecule has 1 saturated heterocycles. The van der Waals surface area contributed by atoms with Crippen LogP contribution in [0.2, 0.25) is 0 Å². The average molecular weight is 424 g/mol. The maximum absolute atomic E-state index is 12.8.